The van der Waals surface area contributed by atoms with Crippen LogP contribution in [0.5, 0.6) is 5.75 Å². The highest BCUT2D eigenvalue weighted by molar-refractivity contribution is 6.03. The van der Waals surface area contributed by atoms with E-state index in [4.69, 9.17) is 10.5 Å². The average Bonchev–Trinajstić information content (AvgIpc) is 2.85. The van der Waals surface area contributed by atoms with E-state index in [0.29, 0.717) is 12.4 Å². The smallest absolute Gasteiger partial charge is 0.346 e. The van der Waals surface area contributed by atoms with E-state index in [-0.39, 0.29) is 17.7 Å². The highest BCUT2D eigenvalue weighted by atomic mass is 16.5. The number of fused-ring (bicyclic) bond motifs is 1. The summed E-state index contributed by atoms with van der Waals surface area (Å²) in [6.07, 6.45) is 2.52. The van der Waals surface area contributed by atoms with Crippen molar-refractivity contribution in [3.63, 3.8) is 0 Å². The molecule has 0 bridgehead atoms. The Labute approximate surface area is 124 Å². The Morgan fingerprint density at radius 3 is 3.05 bits per heavy atom. The zero-order chi connectivity index (χ0) is 15.2. The van der Waals surface area contributed by atoms with E-state index in [2.05, 4.69) is 31.5 Å². The normalized spacial score (nSPS) is 22.8. The molecule has 1 aromatic carbocycles. The molecular formula is C16H19N3O2. The van der Waals surface area contributed by atoms with Gasteiger partial charge in [-0.15, -0.1) is 6.58 Å². The van der Waals surface area contributed by atoms with Gasteiger partial charge in [0.25, 0.3) is 0 Å². The topological polar surface area (TPSA) is 67.9 Å². The van der Waals surface area contributed by atoms with Gasteiger partial charge >= 0.3 is 6.03 Å². The van der Waals surface area contributed by atoms with Crippen LogP contribution in [0, 0.1) is 0 Å². The zero-order valence-corrected chi connectivity index (χ0v) is 12.3. The predicted octanol–water partition coefficient (Wildman–Crippen LogP) is 2.42. The standard InChI is InChI=1S/C16H19N3O2/c1-4-8-19-12(14(17)18-15(19)20)11-7-5-6-10-9-16(2,3)21-13(10)11/h4-7,12H,1,8-9H2,2-3H3,(H2,17,18,20). The quantitative estimate of drug-likeness (QED) is 0.867. The van der Waals surface area contributed by atoms with E-state index < -0.39 is 0 Å². The third-order valence-electron chi connectivity index (χ3n) is 3.80. The summed E-state index contributed by atoms with van der Waals surface area (Å²) >= 11 is 0. The Hall–Kier alpha value is -2.30. The van der Waals surface area contributed by atoms with Crippen LogP contribution < -0.4 is 10.5 Å². The SMILES string of the molecule is C=CCN1C(=O)N=C(N)C1c1cccc2c1OC(C)(C)C2. The summed E-state index contributed by atoms with van der Waals surface area (Å²) in [5, 5.41) is 0. The van der Waals surface area contributed by atoms with Crippen LogP contribution in [0.2, 0.25) is 0 Å². The number of carbonyl (C=O) groups excluding carboxylic acids is 1. The summed E-state index contributed by atoms with van der Waals surface area (Å²) < 4.78 is 6.07. The lowest BCUT2D eigenvalue weighted by Gasteiger charge is -2.25. The first-order valence-electron chi connectivity index (χ1n) is 6.99. The molecule has 2 aliphatic rings. The van der Waals surface area contributed by atoms with Crippen LogP contribution in [0.1, 0.15) is 31.0 Å². The van der Waals surface area contributed by atoms with E-state index in [1.807, 2.05) is 12.1 Å². The first-order chi connectivity index (χ1) is 9.93. The Morgan fingerprint density at radius 2 is 2.33 bits per heavy atom. The zero-order valence-electron chi connectivity index (χ0n) is 12.3. The molecule has 0 fully saturated rings. The fourth-order valence-electron chi connectivity index (χ4n) is 3.01. The molecule has 21 heavy (non-hydrogen) atoms. The molecule has 110 valence electrons. The maximum atomic E-state index is 12.0. The van der Waals surface area contributed by atoms with Gasteiger partial charge in [-0.3, -0.25) is 0 Å². The van der Waals surface area contributed by atoms with Crippen molar-refractivity contribution in [2.45, 2.75) is 31.9 Å². The van der Waals surface area contributed by atoms with Crippen molar-refractivity contribution in [3.05, 3.63) is 42.0 Å². The van der Waals surface area contributed by atoms with E-state index in [9.17, 15) is 4.79 Å². The number of rotatable bonds is 3. The maximum Gasteiger partial charge on any atom is 0.346 e. The van der Waals surface area contributed by atoms with E-state index in [0.717, 1.165) is 23.3 Å². The molecule has 5 nitrogen and oxygen atoms in total. The van der Waals surface area contributed by atoms with Gasteiger partial charge in [0.15, 0.2) is 0 Å². The van der Waals surface area contributed by atoms with Crippen molar-refractivity contribution in [2.24, 2.45) is 10.7 Å². The van der Waals surface area contributed by atoms with Gasteiger partial charge in [0.05, 0.1) is 0 Å². The number of ether oxygens (including phenoxy) is 1. The molecule has 0 saturated heterocycles. The van der Waals surface area contributed by atoms with E-state index in [1.54, 1.807) is 11.0 Å². The van der Waals surface area contributed by atoms with Crippen LogP contribution in [0.25, 0.3) is 0 Å². The number of hydrogen-bond donors (Lipinski definition) is 1. The van der Waals surface area contributed by atoms with Crippen molar-refractivity contribution in [1.82, 2.24) is 4.90 Å². The number of hydrogen-bond acceptors (Lipinski definition) is 3. The highest BCUT2D eigenvalue weighted by Gasteiger charge is 2.39. The third kappa shape index (κ3) is 2.18. The average molecular weight is 285 g/mol. The van der Waals surface area contributed by atoms with Crippen molar-refractivity contribution >= 4 is 11.9 Å². The molecule has 2 amide bonds. The number of urea groups is 1. The summed E-state index contributed by atoms with van der Waals surface area (Å²) in [6.45, 7) is 8.20. The summed E-state index contributed by atoms with van der Waals surface area (Å²) in [7, 11) is 0. The van der Waals surface area contributed by atoms with Crippen molar-refractivity contribution in [1.29, 1.82) is 0 Å². The minimum absolute atomic E-state index is 0.240. The molecule has 0 aromatic heterocycles. The van der Waals surface area contributed by atoms with Gasteiger partial charge in [-0.2, -0.15) is 4.99 Å². The van der Waals surface area contributed by atoms with Crippen molar-refractivity contribution < 1.29 is 9.53 Å². The third-order valence-corrected chi connectivity index (χ3v) is 3.80. The van der Waals surface area contributed by atoms with Crippen LogP contribution in [-0.2, 0) is 6.42 Å². The summed E-state index contributed by atoms with van der Waals surface area (Å²) in [5.74, 6) is 1.14. The lowest BCUT2D eigenvalue weighted by atomic mass is 9.97. The number of nitrogens with two attached hydrogens (primary N) is 1. The Morgan fingerprint density at radius 1 is 1.57 bits per heavy atom. The van der Waals surface area contributed by atoms with Gasteiger partial charge in [0.1, 0.15) is 23.2 Å². The van der Waals surface area contributed by atoms with E-state index >= 15 is 0 Å². The number of amides is 2. The first-order valence-corrected chi connectivity index (χ1v) is 6.99. The van der Waals surface area contributed by atoms with Crippen LogP contribution in [-0.4, -0.2) is 28.9 Å². The molecule has 2 aliphatic heterocycles. The molecule has 0 radical (unpaired) electrons. The molecular weight excluding hydrogens is 266 g/mol. The minimum atomic E-state index is -0.376. The molecule has 5 heteroatoms. The Kier molecular flexibility index (Phi) is 3.01. The fraction of sp³-hybridized carbons (Fsp3) is 0.375. The molecule has 1 unspecified atom stereocenters. The summed E-state index contributed by atoms with van der Waals surface area (Å²) in [5.41, 5.74) is 7.78. The lowest BCUT2D eigenvalue weighted by Crippen LogP contribution is -2.34. The molecule has 0 spiro atoms. The second-order valence-electron chi connectivity index (χ2n) is 6.04. The van der Waals surface area contributed by atoms with Crippen LogP contribution in [0.3, 0.4) is 0 Å². The van der Waals surface area contributed by atoms with Crippen LogP contribution in [0.15, 0.2) is 35.8 Å². The predicted molar refractivity (Wildman–Crippen MR) is 81.5 cm³/mol. The number of para-hydroxylation sites is 1. The molecule has 1 aromatic rings. The monoisotopic (exact) mass is 285 g/mol. The number of amidine groups is 1. The molecule has 2 heterocycles. The summed E-state index contributed by atoms with van der Waals surface area (Å²) in [4.78, 5) is 17.4. The van der Waals surface area contributed by atoms with Gasteiger partial charge in [-0.25, -0.2) is 4.79 Å². The Bertz CT molecular complexity index is 649. The van der Waals surface area contributed by atoms with Gasteiger partial charge in [-0.1, -0.05) is 24.3 Å². The van der Waals surface area contributed by atoms with Crippen LogP contribution >= 0.6 is 0 Å². The van der Waals surface area contributed by atoms with Crippen LogP contribution in [0.4, 0.5) is 4.79 Å². The fourth-order valence-corrected chi connectivity index (χ4v) is 3.01. The van der Waals surface area contributed by atoms with Gasteiger partial charge in [0, 0.05) is 18.5 Å². The molecule has 3 rings (SSSR count). The van der Waals surface area contributed by atoms with Crippen molar-refractivity contribution in [3.8, 4) is 5.75 Å². The molecule has 2 N–H and O–H groups in total. The minimum Gasteiger partial charge on any atom is -0.487 e. The first kappa shape index (κ1) is 13.7. The molecule has 0 saturated carbocycles. The number of carbonyl (C=O) groups is 1. The molecule has 0 aliphatic carbocycles. The largest absolute Gasteiger partial charge is 0.487 e. The van der Waals surface area contributed by atoms with E-state index in [1.165, 1.54) is 0 Å². The molecule has 1 atom stereocenters. The number of nitrogens with zero attached hydrogens (tertiary/aromatic N) is 2. The Balaban J connectivity index is 2.06. The van der Waals surface area contributed by atoms with Crippen molar-refractivity contribution in [2.75, 3.05) is 6.54 Å². The van der Waals surface area contributed by atoms with Gasteiger partial charge in [-0.05, 0) is 19.4 Å². The lowest BCUT2D eigenvalue weighted by molar-refractivity contribution is 0.135. The number of benzene rings is 1. The number of aliphatic imine (C=N–C) groups is 1. The maximum absolute atomic E-state index is 12.0. The summed E-state index contributed by atoms with van der Waals surface area (Å²) in [6, 6.07) is 5.27. The van der Waals surface area contributed by atoms with Gasteiger partial charge < -0.3 is 15.4 Å². The highest BCUT2D eigenvalue weighted by Crippen LogP contribution is 2.42. The second kappa shape index (κ2) is 4.62. The second-order valence-corrected chi connectivity index (χ2v) is 6.04. The van der Waals surface area contributed by atoms with Gasteiger partial charge in [0.2, 0.25) is 0 Å².